The van der Waals surface area contributed by atoms with Crippen molar-refractivity contribution in [1.82, 2.24) is 15.0 Å². The van der Waals surface area contributed by atoms with Gasteiger partial charge in [-0.15, -0.1) is 0 Å². The summed E-state index contributed by atoms with van der Waals surface area (Å²) in [6.07, 6.45) is 5.08. The average molecular weight is 416 g/mol. The highest BCUT2D eigenvalue weighted by Crippen LogP contribution is 2.24. The van der Waals surface area contributed by atoms with E-state index in [2.05, 4.69) is 25.6 Å². The van der Waals surface area contributed by atoms with Crippen LogP contribution in [0.1, 0.15) is 23.2 Å². The molecule has 2 aromatic carbocycles. The van der Waals surface area contributed by atoms with Crippen LogP contribution in [0.5, 0.6) is 0 Å². The third-order valence-corrected chi connectivity index (χ3v) is 5.36. The van der Waals surface area contributed by atoms with Crippen molar-refractivity contribution in [1.29, 1.82) is 0 Å². The van der Waals surface area contributed by atoms with Crippen LogP contribution in [0.2, 0.25) is 0 Å². The predicted molar refractivity (Wildman–Crippen MR) is 119 cm³/mol. The topological polar surface area (TPSA) is 85.9 Å². The van der Waals surface area contributed by atoms with E-state index < -0.39 is 5.82 Å². The molecule has 1 aliphatic heterocycles. The third kappa shape index (κ3) is 3.92. The summed E-state index contributed by atoms with van der Waals surface area (Å²) in [5.74, 6) is -0.0496. The van der Waals surface area contributed by atoms with E-state index in [4.69, 9.17) is 0 Å². The summed E-state index contributed by atoms with van der Waals surface area (Å²) >= 11 is 0. The van der Waals surface area contributed by atoms with Gasteiger partial charge in [-0.05, 0) is 43.2 Å². The van der Waals surface area contributed by atoms with Crippen molar-refractivity contribution in [3.05, 3.63) is 72.3 Å². The minimum atomic E-state index is -0.514. The number of amides is 1. The quantitative estimate of drug-likeness (QED) is 0.439. The van der Waals surface area contributed by atoms with Crippen LogP contribution in [0.15, 0.2) is 60.9 Å². The molecule has 0 saturated carbocycles. The van der Waals surface area contributed by atoms with Crippen LogP contribution in [0.3, 0.4) is 0 Å². The normalized spacial score (nSPS) is 13.5. The second-order valence-corrected chi connectivity index (χ2v) is 7.47. The number of benzene rings is 2. The van der Waals surface area contributed by atoms with E-state index in [9.17, 15) is 9.18 Å². The van der Waals surface area contributed by atoms with E-state index in [1.165, 1.54) is 6.20 Å². The zero-order chi connectivity index (χ0) is 21.2. The average Bonchev–Trinajstić information content (AvgIpc) is 3.47. The first kappa shape index (κ1) is 19.0. The van der Waals surface area contributed by atoms with Gasteiger partial charge >= 0.3 is 0 Å². The van der Waals surface area contributed by atoms with Crippen molar-refractivity contribution >= 4 is 40.0 Å². The summed E-state index contributed by atoms with van der Waals surface area (Å²) in [4.78, 5) is 26.2. The Morgan fingerprint density at radius 1 is 1.03 bits per heavy atom. The van der Waals surface area contributed by atoms with Crippen molar-refractivity contribution < 1.29 is 9.18 Å². The lowest BCUT2D eigenvalue weighted by Gasteiger charge is -2.16. The predicted octanol–water partition coefficient (Wildman–Crippen LogP) is 4.69. The molecule has 0 radical (unpaired) electrons. The summed E-state index contributed by atoms with van der Waals surface area (Å²) in [6.45, 7) is 1.77. The maximum absolute atomic E-state index is 14.2. The molecular formula is C23H21FN6O. The van der Waals surface area contributed by atoms with Gasteiger partial charge in [0.2, 0.25) is 5.95 Å². The fourth-order valence-corrected chi connectivity index (χ4v) is 3.75. The van der Waals surface area contributed by atoms with Crippen LogP contribution in [-0.2, 0) is 0 Å². The number of nitrogens with one attached hydrogen (secondary N) is 3. The molecule has 0 bridgehead atoms. The molecule has 8 heteroatoms. The van der Waals surface area contributed by atoms with Gasteiger partial charge in [0, 0.05) is 41.6 Å². The first-order chi connectivity index (χ1) is 15.2. The number of fused-ring (bicyclic) bond motifs is 1. The molecule has 31 heavy (non-hydrogen) atoms. The first-order valence-corrected chi connectivity index (χ1v) is 10.2. The van der Waals surface area contributed by atoms with Crippen molar-refractivity contribution in [2.24, 2.45) is 0 Å². The number of carbonyl (C=O) groups is 1. The summed E-state index contributed by atoms with van der Waals surface area (Å²) in [5, 5.41) is 6.76. The Kier molecular flexibility index (Phi) is 4.95. The van der Waals surface area contributed by atoms with Gasteiger partial charge in [-0.25, -0.2) is 9.37 Å². The van der Waals surface area contributed by atoms with Crippen LogP contribution < -0.4 is 15.5 Å². The number of H-pyrrole nitrogens is 1. The Bertz CT molecular complexity index is 1230. The molecule has 0 atom stereocenters. The molecule has 3 N–H and O–H groups in total. The van der Waals surface area contributed by atoms with Crippen LogP contribution in [0.4, 0.5) is 27.5 Å². The van der Waals surface area contributed by atoms with Crippen molar-refractivity contribution in [3.8, 4) is 0 Å². The van der Waals surface area contributed by atoms with E-state index in [1.54, 1.807) is 30.5 Å². The second-order valence-electron chi connectivity index (χ2n) is 7.47. The van der Waals surface area contributed by atoms with E-state index in [0.29, 0.717) is 22.9 Å². The van der Waals surface area contributed by atoms with Gasteiger partial charge in [0.15, 0.2) is 11.6 Å². The molecular weight excluding hydrogens is 395 g/mol. The maximum Gasteiger partial charge on any atom is 0.257 e. The molecule has 7 nitrogen and oxygen atoms in total. The monoisotopic (exact) mass is 416 g/mol. The lowest BCUT2D eigenvalue weighted by atomic mass is 10.1. The largest absolute Gasteiger partial charge is 0.360 e. The number of carbonyl (C=O) groups excluding carboxylic acids is 1. The van der Waals surface area contributed by atoms with Gasteiger partial charge in [0.1, 0.15) is 0 Å². The maximum atomic E-state index is 14.2. The lowest BCUT2D eigenvalue weighted by molar-refractivity contribution is 0.102. The molecule has 156 valence electrons. The number of anilines is 4. The Labute approximate surface area is 178 Å². The Balaban J connectivity index is 1.29. The molecule has 1 amide bonds. The molecule has 0 aliphatic carbocycles. The molecule has 1 fully saturated rings. The van der Waals surface area contributed by atoms with Crippen LogP contribution in [-0.4, -0.2) is 33.9 Å². The van der Waals surface area contributed by atoms with E-state index >= 15 is 0 Å². The molecule has 1 aliphatic rings. The number of hydrogen-bond acceptors (Lipinski definition) is 5. The van der Waals surface area contributed by atoms with Crippen LogP contribution >= 0.6 is 0 Å². The van der Waals surface area contributed by atoms with E-state index in [1.807, 2.05) is 29.2 Å². The number of aromatic amines is 1. The minimum Gasteiger partial charge on any atom is -0.360 e. The van der Waals surface area contributed by atoms with E-state index in [-0.39, 0.29) is 11.7 Å². The molecule has 5 rings (SSSR count). The third-order valence-electron chi connectivity index (χ3n) is 5.36. The highest BCUT2D eigenvalue weighted by Gasteiger charge is 2.17. The van der Waals surface area contributed by atoms with Crippen LogP contribution in [0, 0.1) is 5.82 Å². The number of hydrogen-bond donors (Lipinski definition) is 3. The second kappa shape index (κ2) is 8.06. The highest BCUT2D eigenvalue weighted by atomic mass is 19.1. The summed E-state index contributed by atoms with van der Waals surface area (Å²) in [6, 6.07) is 14.7. The number of aromatic nitrogens is 3. The molecule has 0 spiro atoms. The Morgan fingerprint density at radius 2 is 1.77 bits per heavy atom. The molecule has 3 heterocycles. The van der Waals surface area contributed by atoms with E-state index in [0.717, 1.165) is 36.8 Å². The Hall–Kier alpha value is -3.94. The lowest BCUT2D eigenvalue weighted by Crippen LogP contribution is -2.21. The Morgan fingerprint density at radius 3 is 2.58 bits per heavy atom. The summed E-state index contributed by atoms with van der Waals surface area (Å²) in [5.41, 5.74) is 2.79. The van der Waals surface area contributed by atoms with Gasteiger partial charge in [-0.1, -0.05) is 18.2 Å². The fourth-order valence-electron chi connectivity index (χ4n) is 3.75. The first-order valence-electron chi connectivity index (χ1n) is 10.2. The van der Waals surface area contributed by atoms with Gasteiger partial charge in [-0.3, -0.25) is 4.79 Å². The van der Waals surface area contributed by atoms with Crippen molar-refractivity contribution in [3.63, 3.8) is 0 Å². The molecule has 4 aromatic rings. The fraction of sp³-hybridized carbons (Fsp3) is 0.174. The SMILES string of the molecule is O=C(Nc1ccc(Nc2nc(N3CCCC3)ncc2F)cc1)c1c[nH]c2ccccc12. The van der Waals surface area contributed by atoms with Gasteiger partial charge in [0.05, 0.1) is 11.8 Å². The number of halogens is 1. The standard InChI is InChI=1S/C23H21FN6O/c24-19-14-26-23(30-11-3-4-12-30)29-21(19)27-15-7-9-16(10-8-15)28-22(31)18-13-25-20-6-2-1-5-17(18)20/h1-2,5-10,13-14,25H,3-4,11-12H2,(H,28,31)(H,26,27,29). The number of rotatable bonds is 5. The number of nitrogens with zero attached hydrogens (tertiary/aromatic N) is 3. The zero-order valence-corrected chi connectivity index (χ0v) is 16.7. The van der Waals surface area contributed by atoms with Crippen molar-refractivity contribution in [2.75, 3.05) is 28.6 Å². The molecule has 1 saturated heterocycles. The number of para-hydroxylation sites is 1. The molecule has 2 aromatic heterocycles. The summed E-state index contributed by atoms with van der Waals surface area (Å²) < 4.78 is 14.2. The van der Waals surface area contributed by atoms with Crippen molar-refractivity contribution in [2.45, 2.75) is 12.8 Å². The molecule has 0 unspecified atom stereocenters. The highest BCUT2D eigenvalue weighted by molar-refractivity contribution is 6.12. The summed E-state index contributed by atoms with van der Waals surface area (Å²) in [7, 11) is 0. The van der Waals surface area contributed by atoms with Gasteiger partial charge < -0.3 is 20.5 Å². The smallest absolute Gasteiger partial charge is 0.257 e. The van der Waals surface area contributed by atoms with Gasteiger partial charge in [0.25, 0.3) is 5.91 Å². The minimum absolute atomic E-state index is 0.132. The van der Waals surface area contributed by atoms with Crippen LogP contribution in [0.25, 0.3) is 10.9 Å². The zero-order valence-electron chi connectivity index (χ0n) is 16.7. The van der Waals surface area contributed by atoms with Gasteiger partial charge in [-0.2, -0.15) is 4.98 Å².